The smallest absolute Gasteiger partial charge is 0.304 e. The molecule has 110 valence electrons. The highest BCUT2D eigenvalue weighted by molar-refractivity contribution is 5.67. The Balaban J connectivity index is 1.91. The minimum absolute atomic E-state index is 0.0789. The lowest BCUT2D eigenvalue weighted by Gasteiger charge is -2.26. The SMILES string of the molecule is CCN(CCc1ccc2c(c1)CCO2)C(C)CC(=O)O. The molecule has 0 amide bonds. The Hall–Kier alpha value is -1.55. The highest BCUT2D eigenvalue weighted by atomic mass is 16.5. The highest BCUT2D eigenvalue weighted by Gasteiger charge is 2.16. The molecule has 4 heteroatoms. The number of fused-ring (bicyclic) bond motifs is 1. The summed E-state index contributed by atoms with van der Waals surface area (Å²) in [5.41, 5.74) is 2.60. The van der Waals surface area contributed by atoms with Crippen LogP contribution in [0, 0.1) is 0 Å². The van der Waals surface area contributed by atoms with Gasteiger partial charge in [-0.1, -0.05) is 19.1 Å². The topological polar surface area (TPSA) is 49.8 Å². The van der Waals surface area contributed by atoms with E-state index >= 15 is 0 Å². The third kappa shape index (κ3) is 3.73. The van der Waals surface area contributed by atoms with Gasteiger partial charge in [0.1, 0.15) is 5.75 Å². The van der Waals surface area contributed by atoms with Crippen molar-refractivity contribution in [2.24, 2.45) is 0 Å². The fourth-order valence-corrected chi connectivity index (χ4v) is 2.74. The highest BCUT2D eigenvalue weighted by Crippen LogP contribution is 2.26. The molecule has 0 radical (unpaired) electrons. The van der Waals surface area contributed by atoms with Crippen LogP contribution in [0.15, 0.2) is 18.2 Å². The second-order valence-electron chi connectivity index (χ2n) is 5.37. The lowest BCUT2D eigenvalue weighted by molar-refractivity contribution is -0.138. The number of ether oxygens (including phenoxy) is 1. The van der Waals surface area contributed by atoms with Crippen LogP contribution in [0.2, 0.25) is 0 Å². The first-order valence-electron chi connectivity index (χ1n) is 7.30. The van der Waals surface area contributed by atoms with Gasteiger partial charge >= 0.3 is 5.97 Å². The van der Waals surface area contributed by atoms with Crippen molar-refractivity contribution in [3.8, 4) is 5.75 Å². The number of nitrogens with zero attached hydrogens (tertiary/aromatic N) is 1. The van der Waals surface area contributed by atoms with E-state index in [1.807, 2.05) is 6.92 Å². The van der Waals surface area contributed by atoms with E-state index in [0.29, 0.717) is 0 Å². The van der Waals surface area contributed by atoms with Crippen LogP contribution >= 0.6 is 0 Å². The molecule has 1 unspecified atom stereocenters. The second-order valence-corrected chi connectivity index (χ2v) is 5.37. The van der Waals surface area contributed by atoms with Gasteiger partial charge in [-0.3, -0.25) is 4.79 Å². The minimum Gasteiger partial charge on any atom is -0.493 e. The van der Waals surface area contributed by atoms with Crippen LogP contribution < -0.4 is 4.74 Å². The Morgan fingerprint density at radius 1 is 1.50 bits per heavy atom. The van der Waals surface area contributed by atoms with Gasteiger partial charge in [-0.15, -0.1) is 0 Å². The predicted octanol–water partition coefficient (Wildman–Crippen LogP) is 2.35. The summed E-state index contributed by atoms with van der Waals surface area (Å²) < 4.78 is 5.51. The van der Waals surface area contributed by atoms with E-state index in [1.165, 1.54) is 11.1 Å². The van der Waals surface area contributed by atoms with E-state index in [2.05, 4.69) is 30.0 Å². The van der Waals surface area contributed by atoms with Crippen LogP contribution in [-0.4, -0.2) is 41.7 Å². The normalized spacial score (nSPS) is 14.9. The monoisotopic (exact) mass is 277 g/mol. The van der Waals surface area contributed by atoms with Crippen LogP contribution in [0.5, 0.6) is 5.75 Å². The standard InChI is InChI=1S/C16H23NO3/c1-3-17(12(2)10-16(18)19)8-6-13-4-5-15-14(11-13)7-9-20-15/h4-5,11-12H,3,6-10H2,1-2H3,(H,18,19). The van der Waals surface area contributed by atoms with Crippen molar-refractivity contribution >= 4 is 5.97 Å². The van der Waals surface area contributed by atoms with Crippen LogP contribution in [0.3, 0.4) is 0 Å². The predicted molar refractivity (Wildman–Crippen MR) is 78.3 cm³/mol. The van der Waals surface area contributed by atoms with Crippen LogP contribution in [0.4, 0.5) is 0 Å². The third-order valence-electron chi connectivity index (χ3n) is 3.94. The number of benzene rings is 1. The zero-order valence-electron chi connectivity index (χ0n) is 12.3. The van der Waals surface area contributed by atoms with E-state index < -0.39 is 5.97 Å². The average Bonchev–Trinajstić information content (AvgIpc) is 2.86. The largest absolute Gasteiger partial charge is 0.493 e. The molecule has 1 aromatic rings. The van der Waals surface area contributed by atoms with Gasteiger partial charge in [-0.25, -0.2) is 0 Å². The molecule has 1 aliphatic heterocycles. The molecule has 1 atom stereocenters. The fourth-order valence-electron chi connectivity index (χ4n) is 2.74. The molecule has 0 spiro atoms. The summed E-state index contributed by atoms with van der Waals surface area (Å²) in [5.74, 6) is 0.283. The van der Waals surface area contributed by atoms with Gasteiger partial charge in [-0.2, -0.15) is 0 Å². The molecule has 0 fully saturated rings. The number of rotatable bonds is 7. The number of carbonyl (C=O) groups is 1. The first-order valence-corrected chi connectivity index (χ1v) is 7.30. The van der Waals surface area contributed by atoms with Crippen molar-refractivity contribution in [3.63, 3.8) is 0 Å². The van der Waals surface area contributed by atoms with E-state index in [0.717, 1.165) is 38.3 Å². The lowest BCUT2D eigenvalue weighted by atomic mass is 10.1. The molecule has 0 aromatic heterocycles. The van der Waals surface area contributed by atoms with Crippen LogP contribution in [0.1, 0.15) is 31.4 Å². The first kappa shape index (κ1) is 14.9. The maximum Gasteiger partial charge on any atom is 0.304 e. The van der Waals surface area contributed by atoms with Crippen molar-refractivity contribution in [1.82, 2.24) is 4.90 Å². The number of hydrogen-bond donors (Lipinski definition) is 1. The number of hydrogen-bond acceptors (Lipinski definition) is 3. The summed E-state index contributed by atoms with van der Waals surface area (Å²) in [6.45, 7) is 6.62. The van der Waals surface area contributed by atoms with Gasteiger partial charge in [0, 0.05) is 19.0 Å². The van der Waals surface area contributed by atoms with Crippen LogP contribution in [0.25, 0.3) is 0 Å². The number of carboxylic acids is 1. The van der Waals surface area contributed by atoms with Gasteiger partial charge in [0.15, 0.2) is 0 Å². The Morgan fingerprint density at radius 3 is 3.00 bits per heavy atom. The van der Waals surface area contributed by atoms with Gasteiger partial charge < -0.3 is 14.7 Å². The van der Waals surface area contributed by atoms with Crippen LogP contribution in [-0.2, 0) is 17.6 Å². The molecule has 1 heterocycles. The van der Waals surface area contributed by atoms with E-state index in [4.69, 9.17) is 9.84 Å². The second kappa shape index (κ2) is 6.75. The number of carboxylic acid groups (broad SMARTS) is 1. The molecule has 4 nitrogen and oxygen atoms in total. The summed E-state index contributed by atoms with van der Waals surface area (Å²) in [6, 6.07) is 6.46. The molecule has 2 rings (SSSR count). The maximum atomic E-state index is 10.8. The zero-order valence-corrected chi connectivity index (χ0v) is 12.3. The molecular weight excluding hydrogens is 254 g/mol. The van der Waals surface area contributed by atoms with E-state index in [1.54, 1.807) is 0 Å². The molecule has 20 heavy (non-hydrogen) atoms. The summed E-state index contributed by atoms with van der Waals surface area (Å²) in [7, 11) is 0. The van der Waals surface area contributed by atoms with Crippen molar-refractivity contribution < 1.29 is 14.6 Å². The van der Waals surface area contributed by atoms with E-state index in [9.17, 15) is 4.79 Å². The van der Waals surface area contributed by atoms with Crippen molar-refractivity contribution in [2.75, 3.05) is 19.7 Å². The Labute approximate surface area is 120 Å². The lowest BCUT2D eigenvalue weighted by Crippen LogP contribution is -2.36. The third-order valence-corrected chi connectivity index (χ3v) is 3.94. The van der Waals surface area contributed by atoms with Gasteiger partial charge in [-0.05, 0) is 37.1 Å². The van der Waals surface area contributed by atoms with Gasteiger partial charge in [0.25, 0.3) is 0 Å². The van der Waals surface area contributed by atoms with Gasteiger partial charge in [0.2, 0.25) is 0 Å². The minimum atomic E-state index is -0.731. The Bertz CT molecular complexity index is 473. The molecule has 0 bridgehead atoms. The summed E-state index contributed by atoms with van der Waals surface area (Å²) in [5, 5.41) is 8.88. The first-order chi connectivity index (χ1) is 9.60. The van der Waals surface area contributed by atoms with Crippen molar-refractivity contribution in [2.45, 2.75) is 39.2 Å². The van der Waals surface area contributed by atoms with Crippen molar-refractivity contribution in [1.29, 1.82) is 0 Å². The summed E-state index contributed by atoms with van der Waals surface area (Å²) in [6.07, 6.45) is 2.15. The molecule has 0 saturated carbocycles. The molecule has 0 aliphatic carbocycles. The van der Waals surface area contributed by atoms with Crippen molar-refractivity contribution in [3.05, 3.63) is 29.3 Å². The molecule has 1 aromatic carbocycles. The Morgan fingerprint density at radius 2 is 2.30 bits per heavy atom. The number of aliphatic carboxylic acids is 1. The van der Waals surface area contributed by atoms with E-state index in [-0.39, 0.29) is 12.5 Å². The fraction of sp³-hybridized carbons (Fsp3) is 0.562. The zero-order chi connectivity index (χ0) is 14.5. The Kier molecular flexibility index (Phi) is 5.01. The number of likely N-dealkylation sites (N-methyl/N-ethyl adjacent to an activating group) is 1. The molecular formula is C16H23NO3. The summed E-state index contributed by atoms with van der Waals surface area (Å²) >= 11 is 0. The quantitative estimate of drug-likeness (QED) is 0.831. The average molecular weight is 277 g/mol. The molecule has 0 saturated heterocycles. The molecule has 1 aliphatic rings. The maximum absolute atomic E-state index is 10.8. The summed E-state index contributed by atoms with van der Waals surface area (Å²) in [4.78, 5) is 13.0. The molecule has 1 N–H and O–H groups in total. The van der Waals surface area contributed by atoms with Gasteiger partial charge in [0.05, 0.1) is 13.0 Å².